The zero-order valence-corrected chi connectivity index (χ0v) is 14.8. The lowest BCUT2D eigenvalue weighted by Crippen LogP contribution is -2.41. The molecule has 0 saturated carbocycles. The van der Waals surface area contributed by atoms with Gasteiger partial charge in [-0.3, -0.25) is 14.2 Å². The summed E-state index contributed by atoms with van der Waals surface area (Å²) in [6.07, 6.45) is 2.69. The summed E-state index contributed by atoms with van der Waals surface area (Å²) >= 11 is 0. The maximum Gasteiger partial charge on any atom is 0.407 e. The van der Waals surface area contributed by atoms with Crippen LogP contribution in [0.1, 0.15) is 22.6 Å². The predicted molar refractivity (Wildman–Crippen MR) is 95.1 cm³/mol. The number of nitrogens with one attached hydrogen (secondary N) is 1. The largest absolute Gasteiger partial charge is 0.465 e. The normalized spacial score (nSPS) is 16.5. The van der Waals surface area contributed by atoms with Gasteiger partial charge in [0.15, 0.2) is 0 Å². The number of aliphatic hydroxyl groups excluding tert-OH is 1. The van der Waals surface area contributed by atoms with E-state index in [1.54, 1.807) is 17.7 Å². The van der Waals surface area contributed by atoms with Crippen molar-refractivity contribution in [2.24, 2.45) is 0 Å². The van der Waals surface area contributed by atoms with Gasteiger partial charge in [0.05, 0.1) is 18.6 Å². The third-order valence-electron chi connectivity index (χ3n) is 4.49. The molecule has 1 saturated heterocycles. The van der Waals surface area contributed by atoms with E-state index < -0.39 is 17.6 Å². The molecule has 3 heterocycles. The second kappa shape index (κ2) is 7.62. The van der Waals surface area contributed by atoms with Crippen LogP contribution in [-0.2, 0) is 6.54 Å². The number of amides is 2. The highest BCUT2D eigenvalue weighted by Crippen LogP contribution is 2.11. The van der Waals surface area contributed by atoms with Gasteiger partial charge in [0.25, 0.3) is 11.5 Å². The average molecular weight is 375 g/mol. The Labute approximate surface area is 154 Å². The lowest BCUT2D eigenvalue weighted by Gasteiger charge is -2.17. The van der Waals surface area contributed by atoms with E-state index in [2.05, 4.69) is 10.3 Å². The number of likely N-dealkylation sites (tertiary alicyclic amines) is 1. The van der Waals surface area contributed by atoms with Gasteiger partial charge in [-0.1, -0.05) is 0 Å². The number of carbonyl (C=O) groups is 2. The van der Waals surface area contributed by atoms with Crippen molar-refractivity contribution in [1.29, 1.82) is 0 Å². The Hall–Kier alpha value is -3.14. The Kier molecular flexibility index (Phi) is 5.26. The fraction of sp³-hybridized carbons (Fsp3) is 0.412. The Balaban J connectivity index is 1.86. The number of aromatic nitrogens is 3. The predicted octanol–water partition coefficient (Wildman–Crippen LogP) is -0.183. The fourth-order valence-corrected chi connectivity index (χ4v) is 3.15. The standard InChI is InChI=1S/C17H21N5O5/c1-11-8-21(10-18-11)14-3-2-13(22(6-7-23)16(14)25)15(24)19-12-4-5-20(9-12)17(26)27/h2-3,8,10,12,23H,4-7,9H2,1H3,(H,19,24)(H,26,27). The Morgan fingerprint density at radius 2 is 2.15 bits per heavy atom. The topological polar surface area (TPSA) is 130 Å². The van der Waals surface area contributed by atoms with E-state index in [1.165, 1.54) is 27.9 Å². The van der Waals surface area contributed by atoms with Gasteiger partial charge in [-0.2, -0.15) is 0 Å². The smallest absolute Gasteiger partial charge is 0.407 e. The molecule has 2 aromatic rings. The summed E-state index contributed by atoms with van der Waals surface area (Å²) in [5.41, 5.74) is 0.753. The monoisotopic (exact) mass is 375 g/mol. The molecule has 0 bridgehead atoms. The maximum atomic E-state index is 12.8. The zero-order valence-electron chi connectivity index (χ0n) is 14.8. The summed E-state index contributed by atoms with van der Waals surface area (Å²) in [4.78, 5) is 41.8. The van der Waals surface area contributed by atoms with E-state index in [1.807, 2.05) is 0 Å². The van der Waals surface area contributed by atoms with Crippen molar-refractivity contribution in [2.75, 3.05) is 19.7 Å². The molecule has 10 heteroatoms. The number of imidazole rings is 1. The number of carboxylic acid groups (broad SMARTS) is 1. The van der Waals surface area contributed by atoms with Gasteiger partial charge in [-0.05, 0) is 25.5 Å². The molecule has 2 aromatic heterocycles. The Morgan fingerprint density at radius 1 is 1.37 bits per heavy atom. The molecule has 1 aliphatic heterocycles. The van der Waals surface area contributed by atoms with E-state index in [-0.39, 0.29) is 31.4 Å². The van der Waals surface area contributed by atoms with Crippen molar-refractivity contribution in [3.63, 3.8) is 0 Å². The molecule has 144 valence electrons. The van der Waals surface area contributed by atoms with Crippen LogP contribution in [-0.4, -0.2) is 67.0 Å². The first-order chi connectivity index (χ1) is 12.9. The minimum atomic E-state index is -1.02. The summed E-state index contributed by atoms with van der Waals surface area (Å²) in [7, 11) is 0. The van der Waals surface area contributed by atoms with E-state index in [9.17, 15) is 19.5 Å². The van der Waals surface area contributed by atoms with Crippen LogP contribution in [0.2, 0.25) is 0 Å². The van der Waals surface area contributed by atoms with Crippen LogP contribution in [0.3, 0.4) is 0 Å². The Bertz CT molecular complexity index is 919. The lowest BCUT2D eigenvalue weighted by molar-refractivity contribution is 0.0923. The molecule has 1 aliphatic rings. The van der Waals surface area contributed by atoms with Gasteiger partial charge in [0.2, 0.25) is 0 Å². The summed E-state index contributed by atoms with van der Waals surface area (Å²) in [5.74, 6) is -0.480. The Morgan fingerprint density at radius 3 is 2.74 bits per heavy atom. The van der Waals surface area contributed by atoms with Crippen molar-refractivity contribution in [2.45, 2.75) is 25.9 Å². The first kappa shape index (κ1) is 18.6. The van der Waals surface area contributed by atoms with Crippen LogP contribution in [0.25, 0.3) is 5.69 Å². The first-order valence-electron chi connectivity index (χ1n) is 8.55. The highest BCUT2D eigenvalue weighted by molar-refractivity contribution is 5.93. The molecule has 3 rings (SSSR count). The van der Waals surface area contributed by atoms with Crippen LogP contribution < -0.4 is 10.9 Å². The second-order valence-electron chi connectivity index (χ2n) is 6.39. The van der Waals surface area contributed by atoms with Gasteiger partial charge >= 0.3 is 6.09 Å². The van der Waals surface area contributed by atoms with Crippen LogP contribution in [0.4, 0.5) is 4.79 Å². The van der Waals surface area contributed by atoms with Gasteiger partial charge in [-0.15, -0.1) is 0 Å². The summed E-state index contributed by atoms with van der Waals surface area (Å²) in [6, 6.07) is 2.73. The lowest BCUT2D eigenvalue weighted by atomic mass is 10.2. The summed E-state index contributed by atoms with van der Waals surface area (Å²) in [6.45, 7) is 2.02. The van der Waals surface area contributed by atoms with Gasteiger partial charge < -0.3 is 25.0 Å². The quantitative estimate of drug-likeness (QED) is 0.665. The van der Waals surface area contributed by atoms with Crippen molar-refractivity contribution in [1.82, 2.24) is 24.3 Å². The molecule has 27 heavy (non-hydrogen) atoms. The van der Waals surface area contributed by atoms with E-state index >= 15 is 0 Å². The molecule has 0 aromatic carbocycles. The SMILES string of the molecule is Cc1cn(-c2ccc(C(=O)NC3CCN(C(=O)O)C3)n(CCO)c2=O)cn1. The van der Waals surface area contributed by atoms with E-state index in [0.717, 1.165) is 5.69 Å². The fourth-order valence-electron chi connectivity index (χ4n) is 3.15. The molecule has 0 aliphatic carbocycles. The van der Waals surface area contributed by atoms with Crippen molar-refractivity contribution in [3.05, 3.63) is 46.4 Å². The van der Waals surface area contributed by atoms with Crippen molar-refractivity contribution >= 4 is 12.0 Å². The van der Waals surface area contributed by atoms with Crippen LogP contribution in [0.5, 0.6) is 0 Å². The maximum absolute atomic E-state index is 12.8. The molecule has 10 nitrogen and oxygen atoms in total. The number of carbonyl (C=O) groups excluding carboxylic acids is 1. The number of aliphatic hydroxyl groups is 1. The summed E-state index contributed by atoms with van der Waals surface area (Å²) < 4.78 is 2.78. The van der Waals surface area contributed by atoms with Gasteiger partial charge in [0, 0.05) is 31.9 Å². The van der Waals surface area contributed by atoms with E-state index in [0.29, 0.717) is 18.7 Å². The van der Waals surface area contributed by atoms with Crippen LogP contribution in [0.15, 0.2) is 29.5 Å². The number of rotatable bonds is 5. The molecule has 0 radical (unpaired) electrons. The third kappa shape index (κ3) is 3.85. The highest BCUT2D eigenvalue weighted by atomic mass is 16.4. The molecular weight excluding hydrogens is 354 g/mol. The third-order valence-corrected chi connectivity index (χ3v) is 4.49. The molecule has 1 unspecified atom stereocenters. The van der Waals surface area contributed by atoms with Crippen LogP contribution in [0, 0.1) is 6.92 Å². The minimum absolute atomic E-state index is 0.0327. The number of aryl methyl sites for hydroxylation is 1. The molecule has 0 spiro atoms. The molecule has 2 amide bonds. The minimum Gasteiger partial charge on any atom is -0.465 e. The van der Waals surface area contributed by atoms with Gasteiger partial charge in [-0.25, -0.2) is 9.78 Å². The van der Waals surface area contributed by atoms with Crippen LogP contribution >= 0.6 is 0 Å². The first-order valence-corrected chi connectivity index (χ1v) is 8.55. The number of hydrogen-bond donors (Lipinski definition) is 3. The number of hydrogen-bond acceptors (Lipinski definition) is 5. The molecule has 1 fully saturated rings. The van der Waals surface area contributed by atoms with Gasteiger partial charge in [0.1, 0.15) is 11.4 Å². The molecule has 1 atom stereocenters. The highest BCUT2D eigenvalue weighted by Gasteiger charge is 2.28. The second-order valence-corrected chi connectivity index (χ2v) is 6.39. The molecule has 3 N–H and O–H groups in total. The van der Waals surface area contributed by atoms with Crippen molar-refractivity contribution < 1.29 is 19.8 Å². The van der Waals surface area contributed by atoms with E-state index in [4.69, 9.17) is 5.11 Å². The molecular formula is C17H21N5O5. The number of pyridine rings is 1. The number of nitrogens with zero attached hydrogens (tertiary/aromatic N) is 4. The van der Waals surface area contributed by atoms with Crippen molar-refractivity contribution in [3.8, 4) is 5.69 Å². The zero-order chi connectivity index (χ0) is 19.6. The summed E-state index contributed by atoms with van der Waals surface area (Å²) in [5, 5.41) is 21.1. The average Bonchev–Trinajstić information content (AvgIpc) is 3.26.